The zero-order valence-corrected chi connectivity index (χ0v) is 12.0. The summed E-state index contributed by atoms with van der Waals surface area (Å²) in [7, 11) is 1.60. The van der Waals surface area contributed by atoms with Crippen LogP contribution in [0, 0.1) is 5.82 Å². The van der Waals surface area contributed by atoms with Crippen LogP contribution in [-0.2, 0) is 4.74 Å². The summed E-state index contributed by atoms with van der Waals surface area (Å²) in [6.45, 7) is 1.19. The predicted octanol–water partition coefficient (Wildman–Crippen LogP) is 2.09. The fourth-order valence-electron chi connectivity index (χ4n) is 2.27. The number of benzene rings is 1. The first-order chi connectivity index (χ1) is 9.41. The van der Waals surface area contributed by atoms with Gasteiger partial charge in [-0.2, -0.15) is 0 Å². The number of ether oxygens (including phenoxy) is 1. The number of halogens is 2. The second kappa shape index (κ2) is 6.08. The second-order valence-corrected chi connectivity index (χ2v) is 5.53. The third kappa shape index (κ3) is 3.48. The largest absolute Gasteiger partial charge is 0.388 e. The molecule has 0 unspecified atom stereocenters. The van der Waals surface area contributed by atoms with Gasteiger partial charge in [-0.3, -0.25) is 4.79 Å². The molecule has 1 N–H and O–H groups in total. The fourth-order valence-corrected chi connectivity index (χ4v) is 2.45. The lowest BCUT2D eigenvalue weighted by molar-refractivity contribution is -0.0734. The highest BCUT2D eigenvalue weighted by molar-refractivity contribution is 6.31. The number of hydrogen-bond donors (Lipinski definition) is 1. The van der Waals surface area contributed by atoms with E-state index in [1.165, 1.54) is 17.0 Å². The maximum Gasteiger partial charge on any atom is 0.253 e. The number of nitrogens with zero attached hydrogens (tertiary/aromatic N) is 1. The lowest BCUT2D eigenvalue weighted by Crippen LogP contribution is -2.47. The van der Waals surface area contributed by atoms with Crippen molar-refractivity contribution in [2.24, 2.45) is 0 Å². The summed E-state index contributed by atoms with van der Waals surface area (Å²) in [4.78, 5) is 13.7. The predicted molar refractivity (Wildman–Crippen MR) is 73.4 cm³/mol. The average molecular weight is 302 g/mol. The minimum Gasteiger partial charge on any atom is -0.388 e. The summed E-state index contributed by atoms with van der Waals surface area (Å²) in [5, 5.41) is 10.3. The zero-order chi connectivity index (χ0) is 14.8. The van der Waals surface area contributed by atoms with E-state index < -0.39 is 11.4 Å². The Hall–Kier alpha value is -1.17. The van der Waals surface area contributed by atoms with Crippen LogP contribution in [0.1, 0.15) is 23.2 Å². The van der Waals surface area contributed by atoms with Gasteiger partial charge in [0.25, 0.3) is 5.91 Å². The van der Waals surface area contributed by atoms with E-state index in [1.54, 1.807) is 7.05 Å². The molecule has 1 heterocycles. The minimum atomic E-state index is -0.924. The van der Waals surface area contributed by atoms with Crippen LogP contribution in [0.5, 0.6) is 0 Å². The Morgan fingerprint density at radius 1 is 1.50 bits per heavy atom. The molecule has 6 heteroatoms. The van der Waals surface area contributed by atoms with E-state index in [4.69, 9.17) is 16.3 Å². The molecule has 1 fully saturated rings. The van der Waals surface area contributed by atoms with Crippen molar-refractivity contribution in [1.82, 2.24) is 4.90 Å². The highest BCUT2D eigenvalue weighted by Gasteiger charge is 2.32. The number of hydrogen-bond acceptors (Lipinski definition) is 3. The Labute approximate surface area is 122 Å². The SMILES string of the molecule is CN(CC1(O)CCOCC1)C(=O)c1ccc(F)c(Cl)c1. The highest BCUT2D eigenvalue weighted by atomic mass is 35.5. The maximum absolute atomic E-state index is 13.1. The van der Waals surface area contributed by atoms with Gasteiger partial charge in [-0.25, -0.2) is 4.39 Å². The van der Waals surface area contributed by atoms with Crippen LogP contribution < -0.4 is 0 Å². The minimum absolute atomic E-state index is 0.0889. The summed E-state index contributed by atoms with van der Waals surface area (Å²) < 4.78 is 18.3. The monoisotopic (exact) mass is 301 g/mol. The van der Waals surface area contributed by atoms with Crippen LogP contribution in [0.2, 0.25) is 5.02 Å². The molecular formula is C14H17ClFNO3. The van der Waals surface area contributed by atoms with Crippen molar-refractivity contribution in [3.8, 4) is 0 Å². The third-order valence-corrected chi connectivity index (χ3v) is 3.76. The topological polar surface area (TPSA) is 49.8 Å². The standard InChI is InChI=1S/C14H17ClFNO3/c1-17(9-14(19)4-6-20-7-5-14)13(18)10-2-3-12(16)11(15)8-10/h2-3,8,19H,4-7,9H2,1H3. The molecular weight excluding hydrogens is 285 g/mol. The second-order valence-electron chi connectivity index (χ2n) is 5.13. The zero-order valence-electron chi connectivity index (χ0n) is 11.2. The molecule has 110 valence electrons. The van der Waals surface area contributed by atoms with Gasteiger partial charge in [0.2, 0.25) is 0 Å². The Balaban J connectivity index is 2.06. The molecule has 0 radical (unpaired) electrons. The highest BCUT2D eigenvalue weighted by Crippen LogP contribution is 2.23. The van der Waals surface area contributed by atoms with Crippen molar-refractivity contribution in [1.29, 1.82) is 0 Å². The van der Waals surface area contributed by atoms with Gasteiger partial charge in [0, 0.05) is 45.2 Å². The van der Waals surface area contributed by atoms with E-state index in [0.29, 0.717) is 31.6 Å². The van der Waals surface area contributed by atoms with Crippen molar-refractivity contribution in [2.75, 3.05) is 26.8 Å². The number of carbonyl (C=O) groups is 1. The van der Waals surface area contributed by atoms with Crippen LogP contribution >= 0.6 is 11.6 Å². The first kappa shape index (κ1) is 15.2. The molecule has 1 aromatic carbocycles. The lowest BCUT2D eigenvalue weighted by Gasteiger charge is -2.35. The van der Waals surface area contributed by atoms with Gasteiger partial charge in [0.15, 0.2) is 0 Å². The van der Waals surface area contributed by atoms with E-state index in [1.807, 2.05) is 0 Å². The number of carbonyl (C=O) groups excluding carboxylic acids is 1. The van der Waals surface area contributed by atoms with Crippen molar-refractivity contribution in [2.45, 2.75) is 18.4 Å². The van der Waals surface area contributed by atoms with Crippen LogP contribution in [0.4, 0.5) is 4.39 Å². The molecule has 1 amide bonds. The summed E-state index contributed by atoms with van der Waals surface area (Å²) in [6.07, 6.45) is 0.990. The van der Waals surface area contributed by atoms with E-state index in [-0.39, 0.29) is 17.5 Å². The Kier molecular flexibility index (Phi) is 4.62. The van der Waals surface area contributed by atoms with Crippen LogP contribution in [0.15, 0.2) is 18.2 Å². The quantitative estimate of drug-likeness (QED) is 0.930. The molecule has 1 aliphatic heterocycles. The van der Waals surface area contributed by atoms with E-state index >= 15 is 0 Å². The smallest absolute Gasteiger partial charge is 0.253 e. The summed E-state index contributed by atoms with van der Waals surface area (Å²) in [6, 6.07) is 3.84. The van der Waals surface area contributed by atoms with Crippen LogP contribution in [0.25, 0.3) is 0 Å². The van der Waals surface area contributed by atoms with E-state index in [2.05, 4.69) is 0 Å². The number of likely N-dealkylation sites (N-methyl/N-ethyl adjacent to an activating group) is 1. The summed E-state index contributed by atoms with van der Waals surface area (Å²) in [5.41, 5.74) is -0.624. The third-order valence-electron chi connectivity index (χ3n) is 3.47. The van der Waals surface area contributed by atoms with Crippen molar-refractivity contribution >= 4 is 17.5 Å². The van der Waals surface area contributed by atoms with Crippen LogP contribution in [-0.4, -0.2) is 48.3 Å². The lowest BCUT2D eigenvalue weighted by atomic mass is 9.93. The molecule has 1 aliphatic rings. The molecule has 0 aliphatic carbocycles. The van der Waals surface area contributed by atoms with Crippen molar-refractivity contribution in [3.05, 3.63) is 34.6 Å². The molecule has 1 aromatic rings. The molecule has 0 aromatic heterocycles. The molecule has 0 saturated carbocycles. The number of aliphatic hydroxyl groups is 1. The van der Waals surface area contributed by atoms with Gasteiger partial charge >= 0.3 is 0 Å². The van der Waals surface area contributed by atoms with Gasteiger partial charge in [0.05, 0.1) is 10.6 Å². The van der Waals surface area contributed by atoms with Gasteiger partial charge in [-0.05, 0) is 18.2 Å². The first-order valence-electron chi connectivity index (χ1n) is 6.42. The molecule has 0 spiro atoms. The average Bonchev–Trinajstić information content (AvgIpc) is 2.41. The van der Waals surface area contributed by atoms with E-state index in [0.717, 1.165) is 6.07 Å². The molecule has 4 nitrogen and oxygen atoms in total. The Morgan fingerprint density at radius 3 is 2.75 bits per heavy atom. The molecule has 1 saturated heterocycles. The normalized spacial score (nSPS) is 17.8. The fraction of sp³-hybridized carbons (Fsp3) is 0.500. The molecule has 0 bridgehead atoms. The van der Waals surface area contributed by atoms with Crippen molar-refractivity contribution in [3.63, 3.8) is 0 Å². The van der Waals surface area contributed by atoms with Gasteiger partial charge in [-0.15, -0.1) is 0 Å². The molecule has 20 heavy (non-hydrogen) atoms. The number of amides is 1. The summed E-state index contributed by atoms with van der Waals surface area (Å²) >= 11 is 5.67. The first-order valence-corrected chi connectivity index (χ1v) is 6.80. The van der Waals surface area contributed by atoms with Gasteiger partial charge < -0.3 is 14.7 Å². The van der Waals surface area contributed by atoms with Gasteiger partial charge in [-0.1, -0.05) is 11.6 Å². The summed E-state index contributed by atoms with van der Waals surface area (Å²) in [5.74, 6) is -0.860. The molecule has 2 rings (SSSR count). The number of rotatable bonds is 3. The Bertz CT molecular complexity index is 503. The van der Waals surface area contributed by atoms with Crippen LogP contribution in [0.3, 0.4) is 0 Å². The Morgan fingerprint density at radius 2 is 2.15 bits per heavy atom. The van der Waals surface area contributed by atoms with Gasteiger partial charge in [0.1, 0.15) is 5.82 Å². The molecule has 0 atom stereocenters. The van der Waals surface area contributed by atoms with E-state index in [9.17, 15) is 14.3 Å². The van der Waals surface area contributed by atoms with Crippen molar-refractivity contribution < 1.29 is 19.0 Å². The maximum atomic E-state index is 13.1.